The predicted molar refractivity (Wildman–Crippen MR) is 144 cm³/mol. The van der Waals surface area contributed by atoms with Crippen molar-refractivity contribution >= 4 is 41.3 Å². The van der Waals surface area contributed by atoms with Crippen molar-refractivity contribution in [1.29, 1.82) is 0 Å². The van der Waals surface area contributed by atoms with Gasteiger partial charge in [0.1, 0.15) is 11.9 Å². The van der Waals surface area contributed by atoms with E-state index in [1.165, 1.54) is 5.56 Å². The van der Waals surface area contributed by atoms with Gasteiger partial charge in [-0.15, -0.1) is 0 Å². The summed E-state index contributed by atoms with van der Waals surface area (Å²) in [6.45, 7) is 5.60. The Morgan fingerprint density at radius 1 is 1.16 bits per heavy atom. The molecule has 38 heavy (non-hydrogen) atoms. The second-order valence-electron chi connectivity index (χ2n) is 10.7. The molecular formula is C26H30ClN9O2. The van der Waals surface area contributed by atoms with Gasteiger partial charge in [-0.05, 0) is 55.8 Å². The third-order valence-electron chi connectivity index (χ3n) is 8.01. The number of anilines is 2. The first kappa shape index (κ1) is 24.6. The zero-order chi connectivity index (χ0) is 26.6. The van der Waals surface area contributed by atoms with E-state index in [4.69, 9.17) is 17.3 Å². The van der Waals surface area contributed by atoms with Gasteiger partial charge in [0.15, 0.2) is 0 Å². The molecule has 1 unspecified atom stereocenters. The molecule has 1 aromatic carbocycles. The van der Waals surface area contributed by atoms with E-state index in [1.54, 1.807) is 4.90 Å². The van der Waals surface area contributed by atoms with E-state index < -0.39 is 17.5 Å². The number of amides is 3. The van der Waals surface area contributed by atoms with Crippen LogP contribution in [0.1, 0.15) is 44.6 Å². The van der Waals surface area contributed by atoms with Gasteiger partial charge in [-0.1, -0.05) is 30.3 Å². The van der Waals surface area contributed by atoms with Crippen molar-refractivity contribution in [2.24, 2.45) is 10.7 Å². The SMILES string of the molecule is CC1(C)C2=C(CN1C(=O)NC1C[C@@H]1c1ccccc1)C(Nc1nc(Cl)nc(N3CCC[C@H]3C(N)=O)n1)=NC2. The molecule has 11 nitrogen and oxygen atoms in total. The summed E-state index contributed by atoms with van der Waals surface area (Å²) in [5, 5.41) is 6.41. The number of carbonyl (C=O) groups excluding carboxylic acids is 2. The van der Waals surface area contributed by atoms with Crippen LogP contribution in [0.25, 0.3) is 0 Å². The molecule has 3 aliphatic heterocycles. The number of halogens is 1. The van der Waals surface area contributed by atoms with Gasteiger partial charge in [0.2, 0.25) is 23.1 Å². The second-order valence-corrected chi connectivity index (χ2v) is 11.0. The largest absolute Gasteiger partial charge is 0.368 e. The highest BCUT2D eigenvalue weighted by Gasteiger charge is 2.48. The highest BCUT2D eigenvalue weighted by molar-refractivity contribution is 6.28. The Morgan fingerprint density at radius 3 is 2.71 bits per heavy atom. The minimum atomic E-state index is -0.490. The van der Waals surface area contributed by atoms with Crippen LogP contribution in [0.15, 0.2) is 46.5 Å². The quantitative estimate of drug-likeness (QED) is 0.534. The molecule has 1 saturated heterocycles. The van der Waals surface area contributed by atoms with E-state index >= 15 is 0 Å². The third-order valence-corrected chi connectivity index (χ3v) is 8.18. The fourth-order valence-electron chi connectivity index (χ4n) is 5.78. The average molecular weight is 536 g/mol. The molecule has 4 aliphatic rings. The van der Waals surface area contributed by atoms with Crippen LogP contribution >= 0.6 is 11.6 Å². The fraction of sp³-hybridized carbons (Fsp3) is 0.462. The molecule has 1 saturated carbocycles. The molecule has 6 rings (SSSR count). The molecule has 4 heterocycles. The highest BCUT2D eigenvalue weighted by Crippen LogP contribution is 2.42. The number of aliphatic imine (C=N–C) groups is 1. The fourth-order valence-corrected chi connectivity index (χ4v) is 5.93. The molecule has 3 amide bonds. The van der Waals surface area contributed by atoms with Gasteiger partial charge in [-0.25, -0.2) is 4.79 Å². The molecule has 198 valence electrons. The first-order valence-corrected chi connectivity index (χ1v) is 13.2. The minimum Gasteiger partial charge on any atom is -0.368 e. The first-order chi connectivity index (χ1) is 18.2. The van der Waals surface area contributed by atoms with Gasteiger partial charge < -0.3 is 26.2 Å². The lowest BCUT2D eigenvalue weighted by Crippen LogP contribution is -2.51. The molecule has 4 N–H and O–H groups in total. The third kappa shape index (κ3) is 4.34. The average Bonchev–Trinajstić information content (AvgIpc) is 3.19. The summed E-state index contributed by atoms with van der Waals surface area (Å²) in [7, 11) is 0. The molecule has 0 bridgehead atoms. The number of hydrogen-bond acceptors (Lipinski definition) is 8. The van der Waals surface area contributed by atoms with E-state index in [-0.39, 0.29) is 23.3 Å². The summed E-state index contributed by atoms with van der Waals surface area (Å²) >= 11 is 6.21. The second kappa shape index (κ2) is 9.23. The molecule has 1 aliphatic carbocycles. The Balaban J connectivity index is 1.15. The maximum atomic E-state index is 13.3. The zero-order valence-electron chi connectivity index (χ0n) is 21.3. The maximum Gasteiger partial charge on any atom is 0.318 e. The lowest BCUT2D eigenvalue weighted by molar-refractivity contribution is -0.119. The van der Waals surface area contributed by atoms with Crippen molar-refractivity contribution < 1.29 is 9.59 Å². The maximum absolute atomic E-state index is 13.3. The van der Waals surface area contributed by atoms with Gasteiger partial charge in [-0.2, -0.15) is 15.0 Å². The van der Waals surface area contributed by atoms with Gasteiger partial charge >= 0.3 is 6.03 Å². The molecule has 3 atom stereocenters. The van der Waals surface area contributed by atoms with E-state index in [2.05, 4.69) is 42.7 Å². The molecule has 0 spiro atoms. The van der Waals surface area contributed by atoms with E-state index in [1.807, 2.05) is 36.9 Å². The Morgan fingerprint density at radius 2 is 1.95 bits per heavy atom. The highest BCUT2D eigenvalue weighted by atomic mass is 35.5. The Bertz CT molecular complexity index is 1360. The molecular weight excluding hydrogens is 506 g/mol. The molecule has 0 radical (unpaired) electrons. The topological polar surface area (TPSA) is 142 Å². The summed E-state index contributed by atoms with van der Waals surface area (Å²) in [4.78, 5) is 46.4. The molecule has 2 fully saturated rings. The van der Waals surface area contributed by atoms with Crippen LogP contribution in [0.2, 0.25) is 5.28 Å². The normalized spacial score (nSPS) is 25.3. The van der Waals surface area contributed by atoms with Gasteiger partial charge in [-0.3, -0.25) is 9.79 Å². The lowest BCUT2D eigenvalue weighted by Gasteiger charge is -2.34. The zero-order valence-corrected chi connectivity index (χ0v) is 22.1. The number of nitrogens with zero attached hydrogens (tertiary/aromatic N) is 6. The van der Waals surface area contributed by atoms with Gasteiger partial charge in [0, 0.05) is 24.1 Å². The van der Waals surface area contributed by atoms with Gasteiger partial charge in [0.05, 0.1) is 18.6 Å². The lowest BCUT2D eigenvalue weighted by atomic mass is 9.94. The number of urea groups is 1. The minimum absolute atomic E-state index is 0.00517. The molecule has 12 heteroatoms. The monoisotopic (exact) mass is 535 g/mol. The summed E-state index contributed by atoms with van der Waals surface area (Å²) in [5.74, 6) is 1.07. The Kier molecular flexibility index (Phi) is 5.97. The number of nitrogens with two attached hydrogens (primary N) is 1. The number of primary amides is 1. The van der Waals surface area contributed by atoms with Crippen molar-refractivity contribution in [3.63, 3.8) is 0 Å². The van der Waals surface area contributed by atoms with E-state index in [0.29, 0.717) is 43.8 Å². The number of hydrogen-bond donors (Lipinski definition) is 3. The number of benzene rings is 1. The van der Waals surface area contributed by atoms with Gasteiger partial charge in [0.25, 0.3) is 0 Å². The first-order valence-electron chi connectivity index (χ1n) is 12.9. The van der Waals surface area contributed by atoms with Crippen molar-refractivity contribution in [2.75, 3.05) is 29.9 Å². The van der Waals surface area contributed by atoms with Crippen molar-refractivity contribution in [3.05, 3.63) is 52.3 Å². The summed E-state index contributed by atoms with van der Waals surface area (Å²) in [6.07, 6.45) is 2.40. The van der Waals surface area contributed by atoms with E-state index in [9.17, 15) is 9.59 Å². The van der Waals surface area contributed by atoms with E-state index in [0.717, 1.165) is 24.0 Å². The standard InChI is InChI=1S/C26H30ClN9O2/c1-26(2)17-12-29-21(31-23-32-22(27)33-24(34-23)35-10-6-9-19(35)20(28)37)16(17)13-36(26)25(38)30-18-11-15(18)14-7-4-3-5-8-14/h3-5,7-8,15,18-19H,6,9-13H2,1-2H3,(H2,28,37)(H,30,38)(H,29,31,32,33,34)/t15-,18?,19+/m1/s1. The number of rotatable bonds is 5. The Hall–Kier alpha value is -3.73. The van der Waals surface area contributed by atoms with Crippen LogP contribution in [0.4, 0.5) is 16.7 Å². The van der Waals surface area contributed by atoms with Crippen LogP contribution < -0.4 is 21.3 Å². The van der Waals surface area contributed by atoms with Crippen molar-refractivity contribution in [2.45, 2.75) is 56.7 Å². The van der Waals surface area contributed by atoms with Crippen molar-refractivity contribution in [3.8, 4) is 0 Å². The number of aromatic nitrogens is 3. The summed E-state index contributed by atoms with van der Waals surface area (Å²) < 4.78 is 0. The smallest absolute Gasteiger partial charge is 0.318 e. The van der Waals surface area contributed by atoms with Crippen LogP contribution in [0, 0.1) is 0 Å². The van der Waals surface area contributed by atoms with Crippen LogP contribution in [-0.2, 0) is 4.79 Å². The van der Waals surface area contributed by atoms with Crippen LogP contribution in [-0.4, -0.2) is 74.9 Å². The van der Waals surface area contributed by atoms with Crippen LogP contribution in [0.5, 0.6) is 0 Å². The Labute approximate surface area is 225 Å². The molecule has 1 aromatic heterocycles. The number of nitrogens with one attached hydrogen (secondary N) is 2. The molecule has 2 aromatic rings. The van der Waals surface area contributed by atoms with Crippen LogP contribution in [0.3, 0.4) is 0 Å². The van der Waals surface area contributed by atoms with Crippen molar-refractivity contribution in [1.82, 2.24) is 25.2 Å². The summed E-state index contributed by atoms with van der Waals surface area (Å²) in [5.41, 5.74) is 8.36. The predicted octanol–water partition coefficient (Wildman–Crippen LogP) is 2.46. The number of amidine groups is 1. The number of carbonyl (C=O) groups is 2. The summed E-state index contributed by atoms with van der Waals surface area (Å²) in [6, 6.07) is 9.87.